The second-order valence-corrected chi connectivity index (χ2v) is 5.33. The predicted molar refractivity (Wildman–Crippen MR) is 81.2 cm³/mol. The van der Waals surface area contributed by atoms with Gasteiger partial charge in [0.05, 0.1) is 30.9 Å². The molecule has 1 atom stereocenters. The second-order valence-electron chi connectivity index (χ2n) is 5.33. The zero-order valence-electron chi connectivity index (χ0n) is 12.4. The van der Waals surface area contributed by atoms with Gasteiger partial charge in [-0.3, -0.25) is 4.79 Å². The molecule has 1 aromatic carbocycles. The summed E-state index contributed by atoms with van der Waals surface area (Å²) < 4.78 is 7.57. The minimum absolute atomic E-state index is 0.0633. The smallest absolute Gasteiger partial charge is 0.254 e. The Hall–Kier alpha value is -2.58. The Kier molecular flexibility index (Phi) is 3.94. The molecule has 0 radical (unpaired) electrons. The zero-order valence-corrected chi connectivity index (χ0v) is 12.4. The van der Waals surface area contributed by atoms with Crippen molar-refractivity contribution in [3.63, 3.8) is 0 Å². The number of nitriles is 1. The van der Waals surface area contributed by atoms with E-state index in [9.17, 15) is 4.79 Å². The Bertz CT molecular complexity index is 730. The topological polar surface area (TPSA) is 58.3 Å². The van der Waals surface area contributed by atoms with Crippen molar-refractivity contribution in [3.05, 3.63) is 59.4 Å². The number of aryl methyl sites for hydroxylation is 1. The minimum atomic E-state index is -0.105. The van der Waals surface area contributed by atoms with Gasteiger partial charge in [-0.1, -0.05) is 6.07 Å². The van der Waals surface area contributed by atoms with E-state index in [1.165, 1.54) is 0 Å². The fourth-order valence-corrected chi connectivity index (χ4v) is 2.80. The third kappa shape index (κ3) is 2.61. The molecule has 2 heterocycles. The molecule has 22 heavy (non-hydrogen) atoms. The highest BCUT2D eigenvalue weighted by molar-refractivity contribution is 5.95. The summed E-state index contributed by atoms with van der Waals surface area (Å²) >= 11 is 0. The maximum atomic E-state index is 12.8. The maximum absolute atomic E-state index is 12.8. The van der Waals surface area contributed by atoms with Crippen molar-refractivity contribution in [2.24, 2.45) is 7.05 Å². The second kappa shape index (κ2) is 6.04. The average Bonchev–Trinajstić information content (AvgIpc) is 3.00. The van der Waals surface area contributed by atoms with E-state index < -0.39 is 0 Å². The zero-order chi connectivity index (χ0) is 15.5. The molecule has 0 unspecified atom stereocenters. The van der Waals surface area contributed by atoms with E-state index in [1.54, 1.807) is 24.3 Å². The molecular weight excluding hydrogens is 278 g/mol. The lowest BCUT2D eigenvalue weighted by molar-refractivity contribution is -0.00463. The summed E-state index contributed by atoms with van der Waals surface area (Å²) in [5, 5.41) is 8.99. The van der Waals surface area contributed by atoms with Gasteiger partial charge >= 0.3 is 0 Å². The third-order valence-electron chi connectivity index (χ3n) is 3.95. The number of amides is 1. The fraction of sp³-hybridized carbons (Fsp3) is 0.294. The molecule has 1 saturated heterocycles. The van der Waals surface area contributed by atoms with E-state index in [-0.39, 0.29) is 11.9 Å². The quantitative estimate of drug-likeness (QED) is 0.852. The number of ether oxygens (including phenoxy) is 1. The SMILES string of the molecule is Cn1cccc1[C@@H]1COCCN1C(=O)c1cccc(C#N)c1. The molecule has 1 aliphatic rings. The Morgan fingerprint density at radius 2 is 2.23 bits per heavy atom. The van der Waals surface area contributed by atoms with Crippen molar-refractivity contribution in [3.8, 4) is 6.07 Å². The number of nitrogens with zero attached hydrogens (tertiary/aromatic N) is 3. The fourth-order valence-electron chi connectivity index (χ4n) is 2.80. The Balaban J connectivity index is 1.92. The van der Waals surface area contributed by atoms with Crippen LogP contribution in [0, 0.1) is 11.3 Å². The van der Waals surface area contributed by atoms with Gasteiger partial charge in [-0.2, -0.15) is 5.26 Å². The van der Waals surface area contributed by atoms with Gasteiger partial charge in [-0.15, -0.1) is 0 Å². The normalized spacial score (nSPS) is 18.0. The molecular formula is C17H17N3O2. The molecule has 1 aromatic heterocycles. The lowest BCUT2D eigenvalue weighted by Crippen LogP contribution is -2.44. The van der Waals surface area contributed by atoms with Crippen LogP contribution in [0.25, 0.3) is 0 Å². The van der Waals surface area contributed by atoms with Crippen molar-refractivity contribution in [2.75, 3.05) is 19.8 Å². The molecule has 1 fully saturated rings. The van der Waals surface area contributed by atoms with E-state index in [2.05, 4.69) is 6.07 Å². The van der Waals surface area contributed by atoms with Crippen LogP contribution in [-0.4, -0.2) is 35.1 Å². The van der Waals surface area contributed by atoms with Crippen LogP contribution in [0.4, 0.5) is 0 Å². The van der Waals surface area contributed by atoms with Gasteiger partial charge in [0.2, 0.25) is 0 Å². The van der Waals surface area contributed by atoms with Gasteiger partial charge in [0.25, 0.3) is 5.91 Å². The van der Waals surface area contributed by atoms with Crippen LogP contribution in [0.1, 0.15) is 27.7 Å². The summed E-state index contributed by atoms with van der Waals surface area (Å²) in [4.78, 5) is 14.7. The first-order valence-corrected chi connectivity index (χ1v) is 7.21. The summed E-state index contributed by atoms with van der Waals surface area (Å²) in [5.41, 5.74) is 2.08. The molecule has 0 aliphatic carbocycles. The average molecular weight is 295 g/mol. The van der Waals surface area contributed by atoms with Crippen LogP contribution in [-0.2, 0) is 11.8 Å². The molecule has 0 saturated carbocycles. The molecule has 112 valence electrons. The predicted octanol–water partition coefficient (Wildman–Crippen LogP) is 2.11. The van der Waals surface area contributed by atoms with Crippen LogP contribution >= 0.6 is 0 Å². The molecule has 3 rings (SSSR count). The van der Waals surface area contributed by atoms with Crippen LogP contribution in [0.2, 0.25) is 0 Å². The number of hydrogen-bond donors (Lipinski definition) is 0. The van der Waals surface area contributed by atoms with Crippen molar-refractivity contribution in [2.45, 2.75) is 6.04 Å². The van der Waals surface area contributed by atoms with Crippen molar-refractivity contribution in [1.82, 2.24) is 9.47 Å². The maximum Gasteiger partial charge on any atom is 0.254 e. The van der Waals surface area contributed by atoms with Crippen molar-refractivity contribution < 1.29 is 9.53 Å². The first-order chi connectivity index (χ1) is 10.7. The molecule has 5 heteroatoms. The molecule has 0 N–H and O–H groups in total. The summed E-state index contributed by atoms with van der Waals surface area (Å²) in [7, 11) is 1.96. The number of morpholine rings is 1. The van der Waals surface area contributed by atoms with E-state index >= 15 is 0 Å². The van der Waals surface area contributed by atoms with Gasteiger partial charge < -0.3 is 14.2 Å². The summed E-state index contributed by atoms with van der Waals surface area (Å²) in [6.07, 6.45) is 1.96. The lowest BCUT2D eigenvalue weighted by atomic mass is 10.1. The van der Waals surface area contributed by atoms with E-state index in [4.69, 9.17) is 10.00 Å². The molecule has 5 nitrogen and oxygen atoms in total. The van der Waals surface area contributed by atoms with E-state index in [0.717, 1.165) is 5.69 Å². The number of carbonyl (C=O) groups is 1. The van der Waals surface area contributed by atoms with Crippen LogP contribution in [0.15, 0.2) is 42.6 Å². The Morgan fingerprint density at radius 3 is 2.95 bits per heavy atom. The highest BCUT2D eigenvalue weighted by Gasteiger charge is 2.30. The first kappa shape index (κ1) is 14.4. The molecule has 2 aromatic rings. The van der Waals surface area contributed by atoms with Gasteiger partial charge in [-0.05, 0) is 30.3 Å². The number of hydrogen-bond acceptors (Lipinski definition) is 3. The molecule has 0 bridgehead atoms. The van der Waals surface area contributed by atoms with Crippen molar-refractivity contribution in [1.29, 1.82) is 5.26 Å². The summed E-state index contributed by atoms with van der Waals surface area (Å²) in [5.74, 6) is -0.0633. The van der Waals surface area contributed by atoms with Crippen molar-refractivity contribution >= 4 is 5.91 Å². The number of benzene rings is 1. The highest BCUT2D eigenvalue weighted by Crippen LogP contribution is 2.26. The number of carbonyl (C=O) groups excluding carboxylic acids is 1. The number of aromatic nitrogens is 1. The van der Waals surface area contributed by atoms with Crippen LogP contribution in [0.5, 0.6) is 0 Å². The number of rotatable bonds is 2. The van der Waals surface area contributed by atoms with Gasteiger partial charge in [0.1, 0.15) is 0 Å². The largest absolute Gasteiger partial charge is 0.377 e. The lowest BCUT2D eigenvalue weighted by Gasteiger charge is -2.36. The minimum Gasteiger partial charge on any atom is -0.377 e. The standard InChI is InChI=1S/C17H17N3O2/c1-19-7-3-6-15(19)16-12-22-9-8-20(16)17(21)14-5-2-4-13(10-14)11-18/h2-7,10,16H,8-9,12H2,1H3/t16-/m0/s1. The van der Waals surface area contributed by atoms with Gasteiger partial charge in [-0.25, -0.2) is 0 Å². The molecule has 0 spiro atoms. The van der Waals surface area contributed by atoms with Crippen LogP contribution in [0.3, 0.4) is 0 Å². The first-order valence-electron chi connectivity index (χ1n) is 7.21. The van der Waals surface area contributed by atoms with Gasteiger partial charge in [0.15, 0.2) is 0 Å². The molecule has 1 amide bonds. The Morgan fingerprint density at radius 1 is 1.36 bits per heavy atom. The summed E-state index contributed by atoms with van der Waals surface area (Å²) in [6.45, 7) is 1.57. The Labute approximate surface area is 129 Å². The van der Waals surface area contributed by atoms with Gasteiger partial charge in [0, 0.05) is 31.0 Å². The summed E-state index contributed by atoms with van der Waals surface area (Å²) in [6, 6.07) is 12.8. The van der Waals surface area contributed by atoms with E-state index in [0.29, 0.717) is 30.9 Å². The molecule has 1 aliphatic heterocycles. The van der Waals surface area contributed by atoms with Crippen LogP contribution < -0.4 is 0 Å². The highest BCUT2D eigenvalue weighted by atomic mass is 16.5. The van der Waals surface area contributed by atoms with E-state index in [1.807, 2.05) is 34.8 Å². The third-order valence-corrected chi connectivity index (χ3v) is 3.95. The monoisotopic (exact) mass is 295 g/mol.